The molecule has 2 amide bonds. The Bertz CT molecular complexity index is 1980. The Balaban J connectivity index is 1.71. The first-order chi connectivity index (χ1) is 26.7. The van der Waals surface area contributed by atoms with Crippen LogP contribution in [0, 0.1) is 6.92 Å². The summed E-state index contributed by atoms with van der Waals surface area (Å²) in [5.41, 5.74) is 1.84. The highest BCUT2D eigenvalue weighted by Crippen LogP contribution is 2.39. The van der Waals surface area contributed by atoms with Crippen molar-refractivity contribution in [3.05, 3.63) is 124 Å². The maximum Gasteiger partial charge on any atom is 0.417 e. The Hall–Kier alpha value is -5.10. The van der Waals surface area contributed by atoms with Gasteiger partial charge in [-0.2, -0.15) is 13.2 Å². The number of amides is 2. The summed E-state index contributed by atoms with van der Waals surface area (Å²) in [6, 6.07) is 23.9. The molecule has 4 aromatic rings. The Kier molecular flexibility index (Phi) is 15.7. The molecule has 0 aromatic heterocycles. The Morgan fingerprint density at radius 1 is 0.768 bits per heavy atom. The van der Waals surface area contributed by atoms with Gasteiger partial charge in [-0.25, -0.2) is 0 Å². The number of carbonyl (C=O) groups is 4. The number of aryl methyl sites for hydroxylation is 1. The summed E-state index contributed by atoms with van der Waals surface area (Å²) in [6.07, 6.45) is -0.492. The molecule has 2 N–H and O–H groups in total. The van der Waals surface area contributed by atoms with Crippen molar-refractivity contribution in [3.63, 3.8) is 0 Å². The molecule has 298 valence electrons. The van der Waals surface area contributed by atoms with Crippen molar-refractivity contribution in [1.29, 1.82) is 0 Å². The lowest BCUT2D eigenvalue weighted by atomic mass is 9.83. The second-order valence-corrected chi connectivity index (χ2v) is 14.7. The summed E-state index contributed by atoms with van der Waals surface area (Å²) in [6.45, 7) is 6.25. The number of alkyl halides is 3. The molecule has 0 saturated heterocycles. The first kappa shape index (κ1) is 43.6. The van der Waals surface area contributed by atoms with Gasteiger partial charge < -0.3 is 20.0 Å². The maximum absolute atomic E-state index is 14.1. The van der Waals surface area contributed by atoms with Crippen LogP contribution in [0.1, 0.15) is 114 Å². The molecule has 0 heterocycles. The third kappa shape index (κ3) is 11.2. The van der Waals surface area contributed by atoms with Gasteiger partial charge in [0.15, 0.2) is 0 Å². The number of carboxylic acid groups (broad SMARTS) is 2. The van der Waals surface area contributed by atoms with Crippen LogP contribution >= 0.6 is 11.8 Å². The minimum absolute atomic E-state index is 0.0775. The minimum atomic E-state index is -4.76. The number of halogens is 3. The van der Waals surface area contributed by atoms with Crippen LogP contribution in [0.5, 0.6) is 0 Å². The molecule has 0 aliphatic heterocycles. The van der Waals surface area contributed by atoms with E-state index in [4.69, 9.17) is 0 Å². The molecule has 12 heteroatoms. The van der Waals surface area contributed by atoms with Gasteiger partial charge in [0.25, 0.3) is 11.8 Å². The van der Waals surface area contributed by atoms with Gasteiger partial charge >= 0.3 is 18.1 Å². The molecule has 4 rings (SSSR count). The van der Waals surface area contributed by atoms with Gasteiger partial charge in [0, 0.05) is 41.3 Å². The standard InChI is InChI=1S/C44H49F3N2O6S/c1-5-7-26-49(41(52)31-16-20-34(56-4)21-17-31)39-27-29(3)15-22-35(39)30(19-24-40(50)51)18-23-36(43(54)55)32-11-10-12-33(28-32)48(25-6-2)42(53)37-13-8-9-14-38(37)44(45,46)47/h8-17,20-22,27-28,30,36H,5-7,18-19,23-26H2,1-4H3,(H,50,51)(H,54,55). The van der Waals surface area contributed by atoms with Crippen molar-refractivity contribution in [2.75, 3.05) is 29.1 Å². The third-order valence-corrected chi connectivity index (χ3v) is 10.5. The van der Waals surface area contributed by atoms with E-state index >= 15 is 0 Å². The van der Waals surface area contributed by atoms with Crippen LogP contribution in [0.25, 0.3) is 0 Å². The molecule has 0 aliphatic rings. The predicted octanol–water partition coefficient (Wildman–Crippen LogP) is 10.8. The molecule has 0 saturated carbocycles. The molecular weight excluding hydrogens is 742 g/mol. The van der Waals surface area contributed by atoms with Crippen molar-refractivity contribution in [2.24, 2.45) is 0 Å². The number of rotatable bonds is 19. The zero-order valence-corrected chi connectivity index (χ0v) is 33.0. The molecule has 56 heavy (non-hydrogen) atoms. The average molecular weight is 791 g/mol. The lowest BCUT2D eigenvalue weighted by Crippen LogP contribution is -2.33. The van der Waals surface area contributed by atoms with Gasteiger partial charge in [-0.05, 0) is 122 Å². The highest BCUT2D eigenvalue weighted by molar-refractivity contribution is 7.98. The highest BCUT2D eigenvalue weighted by atomic mass is 32.2. The molecule has 0 fully saturated rings. The van der Waals surface area contributed by atoms with Crippen LogP contribution in [0.15, 0.2) is 95.9 Å². The average Bonchev–Trinajstić information content (AvgIpc) is 3.18. The molecule has 0 aliphatic carbocycles. The van der Waals surface area contributed by atoms with Crippen LogP contribution in [-0.2, 0) is 15.8 Å². The van der Waals surface area contributed by atoms with Gasteiger partial charge in [-0.15, -0.1) is 11.8 Å². The first-order valence-corrected chi connectivity index (χ1v) is 20.0. The SMILES string of the molecule is CCCCN(C(=O)c1ccc(SC)cc1)c1cc(C)ccc1C(CCC(=O)O)CCC(C(=O)O)c1cccc(N(CCC)C(=O)c2ccccc2C(F)(F)F)c1. The predicted molar refractivity (Wildman–Crippen MR) is 215 cm³/mol. The van der Waals surface area contributed by atoms with Crippen LogP contribution in [0.3, 0.4) is 0 Å². The molecule has 2 unspecified atom stereocenters. The summed E-state index contributed by atoms with van der Waals surface area (Å²) < 4.78 is 41.7. The van der Waals surface area contributed by atoms with Crippen molar-refractivity contribution in [3.8, 4) is 0 Å². The summed E-state index contributed by atoms with van der Waals surface area (Å²) in [4.78, 5) is 56.6. The highest BCUT2D eigenvalue weighted by Gasteiger charge is 2.36. The third-order valence-electron chi connectivity index (χ3n) is 9.78. The first-order valence-electron chi connectivity index (χ1n) is 18.8. The summed E-state index contributed by atoms with van der Waals surface area (Å²) in [5.74, 6) is -4.74. The van der Waals surface area contributed by atoms with Crippen LogP contribution in [-0.4, -0.2) is 53.3 Å². The van der Waals surface area contributed by atoms with E-state index in [9.17, 15) is 42.6 Å². The quantitative estimate of drug-likeness (QED) is 0.0909. The number of benzene rings is 4. The van der Waals surface area contributed by atoms with Crippen LogP contribution in [0.2, 0.25) is 0 Å². The lowest BCUT2D eigenvalue weighted by Gasteiger charge is -2.30. The number of anilines is 2. The van der Waals surface area contributed by atoms with E-state index in [0.717, 1.165) is 41.0 Å². The van der Waals surface area contributed by atoms with Gasteiger partial charge in [0.05, 0.1) is 17.0 Å². The molecule has 0 bridgehead atoms. The van der Waals surface area contributed by atoms with Crippen LogP contribution in [0.4, 0.5) is 24.5 Å². The Labute approximate surface area is 330 Å². The van der Waals surface area contributed by atoms with E-state index in [1.54, 1.807) is 53.9 Å². The number of carboxylic acids is 2. The largest absolute Gasteiger partial charge is 0.481 e. The van der Waals surface area contributed by atoms with E-state index in [1.165, 1.54) is 23.1 Å². The molecule has 0 radical (unpaired) electrons. The fourth-order valence-corrected chi connectivity index (χ4v) is 7.27. The smallest absolute Gasteiger partial charge is 0.417 e. The summed E-state index contributed by atoms with van der Waals surface area (Å²) in [7, 11) is 0. The van der Waals surface area contributed by atoms with E-state index in [-0.39, 0.29) is 43.8 Å². The fraction of sp³-hybridized carbons (Fsp3) is 0.364. The van der Waals surface area contributed by atoms with Gasteiger partial charge in [0.2, 0.25) is 0 Å². The number of hydrogen-bond acceptors (Lipinski definition) is 5. The van der Waals surface area contributed by atoms with Crippen molar-refractivity contribution in [2.45, 2.75) is 88.6 Å². The van der Waals surface area contributed by atoms with E-state index in [1.807, 2.05) is 50.4 Å². The molecule has 4 aromatic carbocycles. The zero-order valence-electron chi connectivity index (χ0n) is 32.1. The van der Waals surface area contributed by atoms with Gasteiger partial charge in [0.1, 0.15) is 0 Å². The maximum atomic E-state index is 14.1. The molecular formula is C44H49F3N2O6S. The van der Waals surface area contributed by atoms with Gasteiger partial charge in [-0.3, -0.25) is 19.2 Å². The number of unbranched alkanes of at least 4 members (excludes halogenated alkanes) is 1. The van der Waals surface area contributed by atoms with Crippen molar-refractivity contribution >= 4 is 46.9 Å². The van der Waals surface area contributed by atoms with Crippen molar-refractivity contribution in [1.82, 2.24) is 0 Å². The number of carbonyl (C=O) groups excluding carboxylic acids is 2. The number of nitrogens with zero attached hydrogens (tertiary/aromatic N) is 2. The van der Waals surface area contributed by atoms with E-state index in [0.29, 0.717) is 29.8 Å². The minimum Gasteiger partial charge on any atom is -0.481 e. The molecule has 8 nitrogen and oxygen atoms in total. The molecule has 2 atom stereocenters. The topological polar surface area (TPSA) is 115 Å². The zero-order chi connectivity index (χ0) is 41.0. The van der Waals surface area contributed by atoms with Crippen molar-refractivity contribution < 1.29 is 42.6 Å². The summed E-state index contributed by atoms with van der Waals surface area (Å²) in [5, 5.41) is 20.3. The normalized spacial score (nSPS) is 12.5. The van der Waals surface area contributed by atoms with Crippen LogP contribution < -0.4 is 9.80 Å². The lowest BCUT2D eigenvalue weighted by molar-refractivity contribution is -0.139. The Morgan fingerprint density at radius 2 is 1.48 bits per heavy atom. The monoisotopic (exact) mass is 790 g/mol. The summed E-state index contributed by atoms with van der Waals surface area (Å²) >= 11 is 1.57. The second-order valence-electron chi connectivity index (χ2n) is 13.8. The molecule has 0 spiro atoms. The fourth-order valence-electron chi connectivity index (χ4n) is 6.87. The van der Waals surface area contributed by atoms with E-state index in [2.05, 4.69) is 0 Å². The number of hydrogen-bond donors (Lipinski definition) is 2. The van der Waals surface area contributed by atoms with Gasteiger partial charge in [-0.1, -0.05) is 56.7 Å². The number of thioether (sulfide) groups is 1. The second kappa shape index (κ2) is 20.2. The number of aliphatic carboxylic acids is 2. The van der Waals surface area contributed by atoms with E-state index < -0.39 is 47.0 Å². The Morgan fingerprint density at radius 3 is 2.11 bits per heavy atom.